The molecule has 0 aliphatic rings. The lowest BCUT2D eigenvalue weighted by molar-refractivity contribution is 0.0912. The Morgan fingerprint density at radius 1 is 1.23 bits per heavy atom. The van der Waals surface area contributed by atoms with Crippen LogP contribution in [0, 0.1) is 13.8 Å². The summed E-state index contributed by atoms with van der Waals surface area (Å²) >= 11 is 0. The van der Waals surface area contributed by atoms with Gasteiger partial charge in [0.05, 0.1) is 6.26 Å². The van der Waals surface area contributed by atoms with Gasteiger partial charge in [-0.05, 0) is 25.5 Å². The summed E-state index contributed by atoms with van der Waals surface area (Å²) in [6.45, 7) is 3.64. The van der Waals surface area contributed by atoms with Crippen LogP contribution in [0.4, 0.5) is 0 Å². The normalized spacial score (nSPS) is 12.1. The van der Waals surface area contributed by atoms with Gasteiger partial charge in [0.25, 0.3) is 5.91 Å². The molecule has 3 aromatic rings. The van der Waals surface area contributed by atoms with Gasteiger partial charge in [0, 0.05) is 5.56 Å². The molecule has 2 heterocycles. The highest BCUT2D eigenvalue weighted by atomic mass is 16.3. The quantitative estimate of drug-likeness (QED) is 0.775. The van der Waals surface area contributed by atoms with E-state index in [2.05, 4.69) is 20.5 Å². The van der Waals surface area contributed by atoms with Crippen molar-refractivity contribution in [2.45, 2.75) is 19.9 Å². The molecule has 3 rings (SSSR count). The first kappa shape index (κ1) is 14.1. The summed E-state index contributed by atoms with van der Waals surface area (Å²) in [5.41, 5.74) is 1.69. The van der Waals surface area contributed by atoms with Crippen LogP contribution in [-0.2, 0) is 0 Å². The Bertz CT molecular complexity index is 776. The van der Waals surface area contributed by atoms with E-state index in [0.29, 0.717) is 17.4 Å². The van der Waals surface area contributed by atoms with Crippen molar-refractivity contribution in [1.29, 1.82) is 0 Å². The van der Waals surface area contributed by atoms with Crippen molar-refractivity contribution in [3.63, 3.8) is 0 Å². The van der Waals surface area contributed by atoms with Gasteiger partial charge in [-0.15, -0.1) is 0 Å². The molecule has 0 saturated heterocycles. The third-order valence-corrected chi connectivity index (χ3v) is 3.35. The largest absolute Gasteiger partial charge is 0.459 e. The van der Waals surface area contributed by atoms with E-state index in [1.807, 2.05) is 44.2 Å². The maximum atomic E-state index is 12.4. The van der Waals surface area contributed by atoms with E-state index in [4.69, 9.17) is 4.42 Å². The van der Waals surface area contributed by atoms with Crippen LogP contribution in [0.3, 0.4) is 0 Å². The molecule has 22 heavy (non-hydrogen) atoms. The number of nitrogens with one attached hydrogen (secondary N) is 2. The van der Waals surface area contributed by atoms with E-state index in [0.717, 1.165) is 11.1 Å². The van der Waals surface area contributed by atoms with Crippen LogP contribution >= 0.6 is 0 Å². The number of nitrogens with zero attached hydrogens (tertiary/aromatic N) is 2. The number of aromatic nitrogens is 3. The Labute approximate surface area is 127 Å². The second-order valence-electron chi connectivity index (χ2n) is 5.03. The van der Waals surface area contributed by atoms with Crippen molar-refractivity contribution in [3.8, 4) is 0 Å². The summed E-state index contributed by atoms with van der Waals surface area (Å²) in [6.07, 6.45) is 1.50. The van der Waals surface area contributed by atoms with Crippen LogP contribution in [0.1, 0.15) is 39.4 Å². The lowest BCUT2D eigenvalue weighted by Crippen LogP contribution is -2.30. The van der Waals surface area contributed by atoms with E-state index >= 15 is 0 Å². The van der Waals surface area contributed by atoms with Crippen molar-refractivity contribution in [1.82, 2.24) is 20.5 Å². The van der Waals surface area contributed by atoms with Crippen molar-refractivity contribution in [2.75, 3.05) is 0 Å². The fourth-order valence-corrected chi connectivity index (χ4v) is 2.23. The Morgan fingerprint density at radius 2 is 2.00 bits per heavy atom. The minimum Gasteiger partial charge on any atom is -0.459 e. The molecule has 1 atom stereocenters. The number of aryl methyl sites for hydroxylation is 2. The van der Waals surface area contributed by atoms with Gasteiger partial charge in [0.2, 0.25) is 0 Å². The van der Waals surface area contributed by atoms with Gasteiger partial charge in [0.1, 0.15) is 11.9 Å². The monoisotopic (exact) mass is 296 g/mol. The molecule has 112 valence electrons. The SMILES string of the molecule is Cc1nc(C(NC(=O)c2occc2C)c2ccccc2)n[nH]1. The van der Waals surface area contributed by atoms with E-state index in [1.54, 1.807) is 6.07 Å². The molecule has 2 aromatic heterocycles. The third kappa shape index (κ3) is 2.76. The van der Waals surface area contributed by atoms with E-state index in [-0.39, 0.29) is 5.91 Å². The maximum Gasteiger partial charge on any atom is 0.288 e. The fourth-order valence-electron chi connectivity index (χ4n) is 2.23. The summed E-state index contributed by atoms with van der Waals surface area (Å²) < 4.78 is 5.24. The van der Waals surface area contributed by atoms with Gasteiger partial charge >= 0.3 is 0 Å². The van der Waals surface area contributed by atoms with Gasteiger partial charge < -0.3 is 9.73 Å². The van der Waals surface area contributed by atoms with Gasteiger partial charge in [-0.2, -0.15) is 5.10 Å². The topological polar surface area (TPSA) is 83.8 Å². The number of hydrogen-bond acceptors (Lipinski definition) is 4. The average Bonchev–Trinajstić information content (AvgIpc) is 3.14. The molecule has 1 amide bonds. The van der Waals surface area contributed by atoms with Crippen LogP contribution in [0.15, 0.2) is 47.1 Å². The van der Waals surface area contributed by atoms with E-state index in [1.165, 1.54) is 6.26 Å². The molecule has 1 aromatic carbocycles. The summed E-state index contributed by atoms with van der Waals surface area (Å²) in [5, 5.41) is 9.90. The second-order valence-corrected chi connectivity index (χ2v) is 5.03. The Hall–Kier alpha value is -2.89. The maximum absolute atomic E-state index is 12.4. The smallest absolute Gasteiger partial charge is 0.288 e. The minimum absolute atomic E-state index is 0.293. The highest BCUT2D eigenvalue weighted by Crippen LogP contribution is 2.20. The molecule has 0 saturated carbocycles. The third-order valence-electron chi connectivity index (χ3n) is 3.35. The Morgan fingerprint density at radius 3 is 2.59 bits per heavy atom. The average molecular weight is 296 g/mol. The standard InChI is InChI=1S/C16H16N4O2/c1-10-8-9-22-14(10)16(21)18-13(12-6-4-3-5-7-12)15-17-11(2)19-20-15/h3-9,13H,1-2H3,(H,18,21)(H,17,19,20). The zero-order valence-corrected chi connectivity index (χ0v) is 12.3. The molecule has 0 bridgehead atoms. The van der Waals surface area contributed by atoms with E-state index in [9.17, 15) is 4.79 Å². The number of amides is 1. The van der Waals surface area contributed by atoms with Crippen molar-refractivity contribution < 1.29 is 9.21 Å². The first-order chi connectivity index (χ1) is 10.6. The molecule has 0 radical (unpaired) electrons. The second kappa shape index (κ2) is 5.85. The van der Waals surface area contributed by atoms with Gasteiger partial charge in [-0.1, -0.05) is 30.3 Å². The number of rotatable bonds is 4. The zero-order valence-electron chi connectivity index (χ0n) is 12.3. The molecule has 1 unspecified atom stereocenters. The highest BCUT2D eigenvalue weighted by molar-refractivity contribution is 5.93. The molecular weight excluding hydrogens is 280 g/mol. The van der Waals surface area contributed by atoms with Crippen molar-refractivity contribution in [2.24, 2.45) is 0 Å². The number of aromatic amines is 1. The summed E-state index contributed by atoms with van der Waals surface area (Å²) in [5.74, 6) is 1.22. The molecule has 6 heteroatoms. The molecule has 0 fully saturated rings. The first-order valence-corrected chi connectivity index (χ1v) is 6.94. The summed E-state index contributed by atoms with van der Waals surface area (Å²) in [7, 11) is 0. The number of H-pyrrole nitrogens is 1. The van der Waals surface area contributed by atoms with Gasteiger partial charge in [-0.25, -0.2) is 4.98 Å². The first-order valence-electron chi connectivity index (χ1n) is 6.94. The zero-order chi connectivity index (χ0) is 15.5. The number of hydrogen-bond donors (Lipinski definition) is 2. The molecule has 0 aliphatic carbocycles. The van der Waals surface area contributed by atoms with Crippen molar-refractivity contribution in [3.05, 3.63) is 71.2 Å². The lowest BCUT2D eigenvalue weighted by atomic mass is 10.1. The van der Waals surface area contributed by atoms with Crippen LogP contribution < -0.4 is 5.32 Å². The minimum atomic E-state index is -0.442. The Balaban J connectivity index is 1.93. The Kier molecular flexibility index (Phi) is 3.74. The van der Waals surface area contributed by atoms with Crippen LogP contribution in [0.2, 0.25) is 0 Å². The lowest BCUT2D eigenvalue weighted by Gasteiger charge is -2.15. The van der Waals surface area contributed by atoms with Crippen LogP contribution in [0.25, 0.3) is 0 Å². The van der Waals surface area contributed by atoms with Gasteiger partial charge in [0.15, 0.2) is 11.6 Å². The molecule has 6 nitrogen and oxygen atoms in total. The molecular formula is C16H16N4O2. The molecule has 2 N–H and O–H groups in total. The number of carbonyl (C=O) groups excluding carboxylic acids is 1. The number of furan rings is 1. The van der Waals surface area contributed by atoms with Crippen LogP contribution in [0.5, 0.6) is 0 Å². The predicted molar refractivity (Wildman–Crippen MR) is 80.3 cm³/mol. The number of benzene rings is 1. The number of carbonyl (C=O) groups is 1. The molecule has 0 spiro atoms. The van der Waals surface area contributed by atoms with E-state index < -0.39 is 6.04 Å². The van der Waals surface area contributed by atoms with Gasteiger partial charge in [-0.3, -0.25) is 9.89 Å². The predicted octanol–water partition coefficient (Wildman–Crippen LogP) is 2.53. The fraction of sp³-hybridized carbons (Fsp3) is 0.188. The summed E-state index contributed by atoms with van der Waals surface area (Å²) in [4.78, 5) is 16.8. The van der Waals surface area contributed by atoms with Crippen LogP contribution in [-0.4, -0.2) is 21.1 Å². The molecule has 0 aliphatic heterocycles. The summed E-state index contributed by atoms with van der Waals surface area (Å²) in [6, 6.07) is 10.9. The highest BCUT2D eigenvalue weighted by Gasteiger charge is 2.23. The van der Waals surface area contributed by atoms with Crippen molar-refractivity contribution >= 4 is 5.91 Å².